The quantitative estimate of drug-likeness (QED) is 0.895. The van der Waals surface area contributed by atoms with Crippen molar-refractivity contribution >= 4 is 11.0 Å². The lowest BCUT2D eigenvalue weighted by Crippen LogP contribution is -2.37. The van der Waals surface area contributed by atoms with Crippen LogP contribution in [0.3, 0.4) is 0 Å². The third-order valence-electron chi connectivity index (χ3n) is 3.21. The second kappa shape index (κ2) is 5.31. The molecular formula is C15H23N3O. The molecule has 0 aliphatic heterocycles. The Kier molecular flexibility index (Phi) is 3.92. The number of hydrogen-bond acceptors (Lipinski definition) is 3. The zero-order valence-corrected chi connectivity index (χ0v) is 12.2. The minimum Gasteiger partial charge on any atom is -0.389 e. The monoisotopic (exact) mass is 261 g/mol. The van der Waals surface area contributed by atoms with Crippen LogP contribution < -0.4 is 0 Å². The summed E-state index contributed by atoms with van der Waals surface area (Å²) in [6.45, 7) is 8.15. The minimum atomic E-state index is -0.652. The number of imidazole rings is 1. The molecule has 0 unspecified atom stereocenters. The van der Waals surface area contributed by atoms with Crippen molar-refractivity contribution in [2.24, 2.45) is 0 Å². The summed E-state index contributed by atoms with van der Waals surface area (Å²) in [6, 6.07) is 8.20. The molecule has 0 amide bonds. The first-order valence-corrected chi connectivity index (χ1v) is 6.69. The van der Waals surface area contributed by atoms with E-state index in [4.69, 9.17) is 0 Å². The second-order valence-corrected chi connectivity index (χ2v) is 5.85. The van der Waals surface area contributed by atoms with Gasteiger partial charge in [0.2, 0.25) is 0 Å². The van der Waals surface area contributed by atoms with Gasteiger partial charge in [0.15, 0.2) is 0 Å². The summed E-state index contributed by atoms with van der Waals surface area (Å²) < 4.78 is 2.23. The van der Waals surface area contributed by atoms with E-state index in [1.54, 1.807) is 0 Å². The highest BCUT2D eigenvalue weighted by atomic mass is 16.3. The number of fused-ring (bicyclic) bond motifs is 1. The Balaban J connectivity index is 2.08. The van der Waals surface area contributed by atoms with E-state index < -0.39 is 5.60 Å². The van der Waals surface area contributed by atoms with Crippen molar-refractivity contribution < 1.29 is 5.11 Å². The number of nitrogens with zero attached hydrogens (tertiary/aromatic N) is 3. The van der Waals surface area contributed by atoms with Gasteiger partial charge in [0.1, 0.15) is 5.82 Å². The number of hydrogen-bond donors (Lipinski definition) is 1. The molecule has 4 nitrogen and oxygen atoms in total. The van der Waals surface area contributed by atoms with Crippen LogP contribution in [0.15, 0.2) is 24.3 Å². The van der Waals surface area contributed by atoms with E-state index >= 15 is 0 Å². The van der Waals surface area contributed by atoms with Gasteiger partial charge in [0, 0.05) is 19.6 Å². The van der Waals surface area contributed by atoms with Gasteiger partial charge in [-0.05, 0) is 40.0 Å². The van der Waals surface area contributed by atoms with Crippen LogP contribution in [0.2, 0.25) is 0 Å². The Labute approximate surface area is 114 Å². The summed E-state index contributed by atoms with van der Waals surface area (Å²) in [4.78, 5) is 6.71. The molecule has 1 aromatic heterocycles. The maximum Gasteiger partial charge on any atom is 0.106 e. The van der Waals surface area contributed by atoms with Crippen molar-refractivity contribution in [3.8, 4) is 0 Å². The van der Waals surface area contributed by atoms with Crippen LogP contribution in [0, 0.1) is 6.92 Å². The number of aryl methyl sites for hydroxylation is 1. The van der Waals surface area contributed by atoms with Gasteiger partial charge >= 0.3 is 0 Å². The van der Waals surface area contributed by atoms with Crippen LogP contribution in [0.25, 0.3) is 11.0 Å². The average molecular weight is 261 g/mol. The maximum absolute atomic E-state index is 9.81. The summed E-state index contributed by atoms with van der Waals surface area (Å²) in [5.41, 5.74) is 1.57. The van der Waals surface area contributed by atoms with Crippen molar-refractivity contribution in [1.82, 2.24) is 14.5 Å². The van der Waals surface area contributed by atoms with E-state index in [0.717, 1.165) is 24.4 Å². The van der Waals surface area contributed by atoms with Crippen LogP contribution in [-0.4, -0.2) is 45.3 Å². The number of aromatic nitrogens is 2. The van der Waals surface area contributed by atoms with E-state index in [1.807, 2.05) is 46.0 Å². The van der Waals surface area contributed by atoms with Gasteiger partial charge in [0.05, 0.1) is 16.6 Å². The van der Waals surface area contributed by atoms with Gasteiger partial charge in [-0.3, -0.25) is 0 Å². The van der Waals surface area contributed by atoms with Crippen molar-refractivity contribution in [1.29, 1.82) is 0 Å². The number of para-hydroxylation sites is 2. The number of rotatable bonds is 5. The zero-order chi connectivity index (χ0) is 14.0. The molecule has 2 rings (SSSR count). The predicted octanol–water partition coefficient (Wildman–Crippen LogP) is 2.05. The Hall–Kier alpha value is -1.39. The highest BCUT2D eigenvalue weighted by Gasteiger charge is 2.15. The molecule has 4 heteroatoms. The van der Waals surface area contributed by atoms with Gasteiger partial charge in [0.25, 0.3) is 0 Å². The summed E-state index contributed by atoms with van der Waals surface area (Å²) in [5, 5.41) is 9.81. The normalized spacial score (nSPS) is 12.5. The van der Waals surface area contributed by atoms with Crippen LogP contribution in [0.4, 0.5) is 0 Å². The van der Waals surface area contributed by atoms with Gasteiger partial charge < -0.3 is 14.6 Å². The van der Waals surface area contributed by atoms with Gasteiger partial charge in [-0.25, -0.2) is 4.98 Å². The topological polar surface area (TPSA) is 41.3 Å². The van der Waals surface area contributed by atoms with Gasteiger partial charge in [-0.2, -0.15) is 0 Å². The molecule has 0 atom stereocenters. The number of aliphatic hydroxyl groups is 1. The van der Waals surface area contributed by atoms with Crippen molar-refractivity contribution in [3.63, 3.8) is 0 Å². The fraction of sp³-hybridized carbons (Fsp3) is 0.533. The highest BCUT2D eigenvalue weighted by molar-refractivity contribution is 5.75. The third-order valence-corrected chi connectivity index (χ3v) is 3.21. The molecule has 1 heterocycles. The van der Waals surface area contributed by atoms with Crippen LogP contribution in [-0.2, 0) is 6.54 Å². The summed E-state index contributed by atoms with van der Waals surface area (Å²) in [7, 11) is 2.03. The molecule has 0 aliphatic carbocycles. The first kappa shape index (κ1) is 14.0. The smallest absolute Gasteiger partial charge is 0.106 e. The average Bonchev–Trinajstić information content (AvgIpc) is 2.60. The number of likely N-dealkylation sites (N-methyl/N-ethyl adjacent to an activating group) is 1. The largest absolute Gasteiger partial charge is 0.389 e. The molecule has 0 radical (unpaired) electrons. The second-order valence-electron chi connectivity index (χ2n) is 5.85. The summed E-state index contributed by atoms with van der Waals surface area (Å²) in [6.07, 6.45) is 0. The lowest BCUT2D eigenvalue weighted by molar-refractivity contribution is 0.0438. The molecule has 104 valence electrons. The van der Waals surface area contributed by atoms with E-state index in [1.165, 1.54) is 5.52 Å². The van der Waals surface area contributed by atoms with Gasteiger partial charge in [-0.1, -0.05) is 12.1 Å². The molecule has 0 bridgehead atoms. The molecule has 0 fully saturated rings. The first-order valence-electron chi connectivity index (χ1n) is 6.69. The maximum atomic E-state index is 9.81. The molecule has 0 saturated carbocycles. The Morgan fingerprint density at radius 2 is 2.00 bits per heavy atom. The summed E-state index contributed by atoms with van der Waals surface area (Å²) in [5.74, 6) is 1.04. The van der Waals surface area contributed by atoms with Crippen LogP contribution in [0.1, 0.15) is 19.7 Å². The fourth-order valence-corrected chi connectivity index (χ4v) is 2.49. The van der Waals surface area contributed by atoms with Crippen molar-refractivity contribution in [2.75, 3.05) is 20.1 Å². The van der Waals surface area contributed by atoms with E-state index in [-0.39, 0.29) is 0 Å². The third kappa shape index (κ3) is 3.55. The van der Waals surface area contributed by atoms with Crippen molar-refractivity contribution in [2.45, 2.75) is 32.9 Å². The molecule has 1 aromatic carbocycles. The molecule has 19 heavy (non-hydrogen) atoms. The van der Waals surface area contributed by atoms with E-state index in [0.29, 0.717) is 6.54 Å². The Morgan fingerprint density at radius 1 is 1.32 bits per heavy atom. The molecular weight excluding hydrogens is 238 g/mol. The molecule has 0 saturated heterocycles. The fourth-order valence-electron chi connectivity index (χ4n) is 2.49. The highest BCUT2D eigenvalue weighted by Crippen LogP contribution is 2.15. The van der Waals surface area contributed by atoms with E-state index in [2.05, 4.69) is 20.5 Å². The van der Waals surface area contributed by atoms with Crippen molar-refractivity contribution in [3.05, 3.63) is 30.1 Å². The number of benzene rings is 1. The summed E-state index contributed by atoms with van der Waals surface area (Å²) >= 11 is 0. The molecule has 1 N–H and O–H groups in total. The standard InChI is InChI=1S/C15H23N3O/c1-12-16-13-7-5-6-8-14(13)18(12)10-9-17(4)11-15(2,3)19/h5-8,19H,9-11H2,1-4H3. The van der Waals surface area contributed by atoms with Gasteiger partial charge in [-0.15, -0.1) is 0 Å². The molecule has 0 spiro atoms. The predicted molar refractivity (Wildman–Crippen MR) is 78.3 cm³/mol. The lowest BCUT2D eigenvalue weighted by Gasteiger charge is -2.25. The van der Waals surface area contributed by atoms with Crippen LogP contribution >= 0.6 is 0 Å². The minimum absolute atomic E-state index is 0.652. The van der Waals surface area contributed by atoms with E-state index in [9.17, 15) is 5.11 Å². The van der Waals surface area contributed by atoms with Crippen LogP contribution in [0.5, 0.6) is 0 Å². The lowest BCUT2D eigenvalue weighted by atomic mass is 10.1. The zero-order valence-electron chi connectivity index (χ0n) is 12.2. The molecule has 2 aromatic rings. The SMILES string of the molecule is Cc1nc2ccccc2n1CCN(C)CC(C)(C)O. The Morgan fingerprint density at radius 3 is 2.68 bits per heavy atom. The molecule has 0 aliphatic rings. The Bertz CT molecular complexity index is 554. The first-order chi connectivity index (χ1) is 8.87.